The van der Waals surface area contributed by atoms with Crippen LogP contribution in [0.15, 0.2) is 24.4 Å². The zero-order valence-corrected chi connectivity index (χ0v) is 8.65. The molecule has 0 atom stereocenters. The number of carbonyl (C=O) groups excluding carboxylic acids is 1. The fourth-order valence-corrected chi connectivity index (χ4v) is 1.49. The molecule has 0 saturated carbocycles. The highest BCUT2D eigenvalue weighted by Gasteiger charge is 2.12. The van der Waals surface area contributed by atoms with Crippen LogP contribution in [0.25, 0.3) is 11.0 Å². The molecule has 0 amide bonds. The summed E-state index contributed by atoms with van der Waals surface area (Å²) in [4.78, 5) is 19.5. The van der Waals surface area contributed by atoms with E-state index in [9.17, 15) is 4.79 Å². The molecule has 0 aliphatic rings. The topological polar surface area (TPSA) is 52.1 Å². The number of pyridine rings is 2. The van der Waals surface area contributed by atoms with Gasteiger partial charge in [-0.1, -0.05) is 11.6 Å². The number of carbonyl (C=O) groups is 1. The number of hydrogen-bond donors (Lipinski definition) is 0. The average molecular weight is 223 g/mol. The smallest absolute Gasteiger partial charge is 0.338 e. The molecule has 0 aliphatic heterocycles. The summed E-state index contributed by atoms with van der Waals surface area (Å²) in [6, 6.07) is 4.94. The van der Waals surface area contributed by atoms with E-state index in [1.807, 2.05) is 0 Å². The normalized spacial score (nSPS) is 10.3. The van der Waals surface area contributed by atoms with E-state index >= 15 is 0 Å². The van der Waals surface area contributed by atoms with Crippen LogP contribution >= 0.6 is 11.6 Å². The first-order chi connectivity index (χ1) is 7.22. The van der Waals surface area contributed by atoms with Crippen molar-refractivity contribution in [2.45, 2.75) is 0 Å². The summed E-state index contributed by atoms with van der Waals surface area (Å²) in [5.74, 6) is -0.447. The summed E-state index contributed by atoms with van der Waals surface area (Å²) in [5.41, 5.74) is 0.811. The number of hydrogen-bond acceptors (Lipinski definition) is 4. The molecule has 0 fully saturated rings. The van der Waals surface area contributed by atoms with Gasteiger partial charge in [0.1, 0.15) is 5.15 Å². The highest BCUT2D eigenvalue weighted by Crippen LogP contribution is 2.19. The molecule has 0 radical (unpaired) electrons. The van der Waals surface area contributed by atoms with Crippen molar-refractivity contribution in [3.05, 3.63) is 35.1 Å². The molecule has 0 spiro atoms. The first kappa shape index (κ1) is 9.86. The quantitative estimate of drug-likeness (QED) is 0.548. The van der Waals surface area contributed by atoms with Crippen molar-refractivity contribution >= 4 is 28.6 Å². The maximum Gasteiger partial charge on any atom is 0.338 e. The van der Waals surface area contributed by atoms with Gasteiger partial charge in [0.15, 0.2) is 5.65 Å². The molecule has 0 saturated heterocycles. The van der Waals surface area contributed by atoms with Gasteiger partial charge in [0.05, 0.1) is 12.7 Å². The summed E-state index contributed by atoms with van der Waals surface area (Å²) < 4.78 is 4.65. The van der Waals surface area contributed by atoms with Gasteiger partial charge in [-0.05, 0) is 18.2 Å². The molecule has 15 heavy (non-hydrogen) atoms. The Hall–Kier alpha value is -1.68. The number of esters is 1. The standard InChI is InChI=1S/C10H7ClN2O2/c1-15-10(14)7-5-8(11)13-9-6(7)3-2-4-12-9/h2-5H,1H3. The predicted molar refractivity (Wildman–Crippen MR) is 55.9 cm³/mol. The molecule has 0 bridgehead atoms. The van der Waals surface area contributed by atoms with Gasteiger partial charge >= 0.3 is 5.97 Å². The number of aromatic nitrogens is 2. The van der Waals surface area contributed by atoms with Crippen molar-refractivity contribution in [3.8, 4) is 0 Å². The summed E-state index contributed by atoms with van der Waals surface area (Å²) in [6.45, 7) is 0. The third-order valence-corrected chi connectivity index (χ3v) is 2.15. The SMILES string of the molecule is COC(=O)c1cc(Cl)nc2ncccc12. The van der Waals surface area contributed by atoms with Gasteiger partial charge in [0.2, 0.25) is 0 Å². The summed E-state index contributed by atoms with van der Waals surface area (Å²) in [7, 11) is 1.32. The molecular weight excluding hydrogens is 216 g/mol. The largest absolute Gasteiger partial charge is 0.465 e. The molecular formula is C10H7ClN2O2. The highest BCUT2D eigenvalue weighted by molar-refractivity contribution is 6.30. The molecule has 2 aromatic rings. The Labute approximate surface area is 90.9 Å². The van der Waals surface area contributed by atoms with Gasteiger partial charge in [-0.15, -0.1) is 0 Å². The number of rotatable bonds is 1. The molecule has 76 valence electrons. The van der Waals surface area contributed by atoms with Gasteiger partial charge in [0, 0.05) is 11.6 Å². The molecule has 0 unspecified atom stereocenters. The van der Waals surface area contributed by atoms with E-state index in [1.54, 1.807) is 18.3 Å². The van der Waals surface area contributed by atoms with Crippen LogP contribution in [-0.4, -0.2) is 23.0 Å². The third kappa shape index (κ3) is 1.76. The fraction of sp³-hybridized carbons (Fsp3) is 0.100. The summed E-state index contributed by atoms with van der Waals surface area (Å²) in [6.07, 6.45) is 1.59. The maximum atomic E-state index is 11.4. The van der Waals surface area contributed by atoms with Crippen LogP contribution in [0.2, 0.25) is 5.15 Å². The van der Waals surface area contributed by atoms with Crippen LogP contribution in [0, 0.1) is 0 Å². The Morgan fingerprint density at radius 1 is 1.53 bits per heavy atom. The Balaban J connectivity index is 2.76. The number of methoxy groups -OCH3 is 1. The lowest BCUT2D eigenvalue weighted by Gasteiger charge is -2.03. The van der Waals surface area contributed by atoms with E-state index in [0.717, 1.165) is 0 Å². The molecule has 5 heteroatoms. The maximum absolute atomic E-state index is 11.4. The predicted octanol–water partition coefficient (Wildman–Crippen LogP) is 2.07. The van der Waals surface area contributed by atoms with E-state index in [1.165, 1.54) is 13.2 Å². The van der Waals surface area contributed by atoms with Crippen LogP contribution in [-0.2, 0) is 4.74 Å². The lowest BCUT2D eigenvalue weighted by Crippen LogP contribution is -2.03. The number of halogens is 1. The Kier molecular flexibility index (Phi) is 2.51. The Morgan fingerprint density at radius 3 is 3.07 bits per heavy atom. The van der Waals surface area contributed by atoms with Crippen LogP contribution < -0.4 is 0 Å². The Bertz CT molecular complexity index is 528. The minimum Gasteiger partial charge on any atom is -0.465 e. The lowest BCUT2D eigenvalue weighted by atomic mass is 10.1. The van der Waals surface area contributed by atoms with E-state index in [-0.39, 0.29) is 5.15 Å². The van der Waals surface area contributed by atoms with Crippen molar-refractivity contribution in [2.75, 3.05) is 7.11 Å². The molecule has 4 nitrogen and oxygen atoms in total. The zero-order valence-electron chi connectivity index (χ0n) is 7.90. The molecule has 0 N–H and O–H groups in total. The van der Waals surface area contributed by atoms with E-state index < -0.39 is 5.97 Å². The highest BCUT2D eigenvalue weighted by atomic mass is 35.5. The molecule has 2 aromatic heterocycles. The second kappa shape index (κ2) is 3.82. The van der Waals surface area contributed by atoms with Gasteiger partial charge < -0.3 is 4.74 Å². The van der Waals surface area contributed by atoms with E-state index in [4.69, 9.17) is 11.6 Å². The van der Waals surface area contributed by atoms with Gasteiger partial charge in [-0.2, -0.15) is 0 Å². The van der Waals surface area contributed by atoms with Crippen LogP contribution in [0.1, 0.15) is 10.4 Å². The number of ether oxygens (including phenoxy) is 1. The minimum absolute atomic E-state index is 0.224. The van der Waals surface area contributed by atoms with Gasteiger partial charge in [-0.3, -0.25) is 0 Å². The molecule has 2 rings (SSSR count). The molecule has 2 heterocycles. The monoisotopic (exact) mass is 222 g/mol. The second-order valence-corrected chi connectivity index (χ2v) is 3.25. The van der Waals surface area contributed by atoms with Crippen molar-refractivity contribution in [1.29, 1.82) is 0 Å². The minimum atomic E-state index is -0.447. The number of nitrogens with zero attached hydrogens (tertiary/aromatic N) is 2. The number of fused-ring (bicyclic) bond motifs is 1. The molecule has 0 aliphatic carbocycles. The van der Waals surface area contributed by atoms with Crippen LogP contribution in [0.4, 0.5) is 0 Å². The average Bonchev–Trinajstić information content (AvgIpc) is 2.26. The van der Waals surface area contributed by atoms with Crippen LogP contribution in [0.3, 0.4) is 0 Å². The van der Waals surface area contributed by atoms with Crippen molar-refractivity contribution in [2.24, 2.45) is 0 Å². The molecule has 0 aromatic carbocycles. The van der Waals surface area contributed by atoms with Crippen LogP contribution in [0.5, 0.6) is 0 Å². The van der Waals surface area contributed by atoms with E-state index in [0.29, 0.717) is 16.6 Å². The zero-order chi connectivity index (χ0) is 10.8. The first-order valence-corrected chi connectivity index (χ1v) is 4.60. The second-order valence-electron chi connectivity index (χ2n) is 2.86. The van der Waals surface area contributed by atoms with Crippen molar-refractivity contribution in [1.82, 2.24) is 9.97 Å². The van der Waals surface area contributed by atoms with Gasteiger partial charge in [-0.25, -0.2) is 14.8 Å². The summed E-state index contributed by atoms with van der Waals surface area (Å²) in [5, 5.41) is 0.857. The lowest BCUT2D eigenvalue weighted by molar-refractivity contribution is 0.0603. The Morgan fingerprint density at radius 2 is 2.33 bits per heavy atom. The van der Waals surface area contributed by atoms with Crippen molar-refractivity contribution in [3.63, 3.8) is 0 Å². The van der Waals surface area contributed by atoms with Crippen molar-refractivity contribution < 1.29 is 9.53 Å². The first-order valence-electron chi connectivity index (χ1n) is 4.22. The summed E-state index contributed by atoms with van der Waals surface area (Å²) >= 11 is 5.77. The van der Waals surface area contributed by atoms with Gasteiger partial charge in [0.25, 0.3) is 0 Å². The fourth-order valence-electron chi connectivity index (χ4n) is 1.31. The third-order valence-electron chi connectivity index (χ3n) is 1.96. The van der Waals surface area contributed by atoms with E-state index in [2.05, 4.69) is 14.7 Å².